The fourth-order valence-corrected chi connectivity index (χ4v) is 3.82. The van der Waals surface area contributed by atoms with E-state index in [2.05, 4.69) is 57.0 Å². The van der Waals surface area contributed by atoms with Gasteiger partial charge in [0.15, 0.2) is 11.5 Å². The zero-order valence-electron chi connectivity index (χ0n) is 15.4. The lowest BCUT2D eigenvalue weighted by molar-refractivity contribution is 0.174. The summed E-state index contributed by atoms with van der Waals surface area (Å²) in [4.78, 5) is 13.8. The number of benzene rings is 2. The fraction of sp³-hybridized carbons (Fsp3) is 0.333. The van der Waals surface area contributed by atoms with E-state index < -0.39 is 0 Å². The number of fused-ring (bicyclic) bond motifs is 2. The average Bonchev–Trinajstić information content (AvgIpc) is 3.16. The maximum Gasteiger partial charge on any atom is 0.231 e. The molecule has 0 amide bonds. The summed E-state index contributed by atoms with van der Waals surface area (Å²) in [5.41, 5.74) is 3.50. The minimum Gasteiger partial charge on any atom is -0.454 e. The Morgan fingerprint density at radius 3 is 2.67 bits per heavy atom. The topological polar surface area (TPSA) is 50.7 Å². The molecule has 0 bridgehead atoms. The molecule has 0 N–H and O–H groups in total. The van der Waals surface area contributed by atoms with Gasteiger partial charge in [0, 0.05) is 38.1 Å². The van der Waals surface area contributed by atoms with Crippen molar-refractivity contribution in [2.24, 2.45) is 0 Å². The lowest BCUT2D eigenvalue weighted by Crippen LogP contribution is -2.46. The lowest BCUT2D eigenvalue weighted by Gasteiger charge is -2.35. The van der Waals surface area contributed by atoms with E-state index in [9.17, 15) is 0 Å². The van der Waals surface area contributed by atoms with Crippen LogP contribution in [0.5, 0.6) is 11.5 Å². The normalized spacial score (nSPS) is 16.9. The number of piperazine rings is 1. The largest absolute Gasteiger partial charge is 0.454 e. The van der Waals surface area contributed by atoms with E-state index in [1.54, 1.807) is 6.33 Å². The molecule has 1 aromatic heterocycles. The van der Waals surface area contributed by atoms with Gasteiger partial charge in [0.05, 0.1) is 5.52 Å². The van der Waals surface area contributed by atoms with E-state index in [0.717, 1.165) is 60.9 Å². The smallest absolute Gasteiger partial charge is 0.231 e. The average molecular weight is 362 g/mol. The van der Waals surface area contributed by atoms with Crippen LogP contribution in [0, 0.1) is 6.92 Å². The Labute approximate surface area is 158 Å². The summed E-state index contributed by atoms with van der Waals surface area (Å²) >= 11 is 0. The second kappa shape index (κ2) is 6.70. The van der Waals surface area contributed by atoms with Gasteiger partial charge in [0.1, 0.15) is 12.1 Å². The molecule has 3 heterocycles. The van der Waals surface area contributed by atoms with Crippen molar-refractivity contribution in [2.75, 3.05) is 37.9 Å². The quantitative estimate of drug-likeness (QED) is 0.714. The Kier molecular flexibility index (Phi) is 4.05. The SMILES string of the molecule is Cc1ccc2ncnc(N3CCN(Cc4ccc5c(c4)OCO5)CC3)c2c1. The maximum atomic E-state index is 5.49. The van der Waals surface area contributed by atoms with Gasteiger partial charge in [-0.25, -0.2) is 9.97 Å². The van der Waals surface area contributed by atoms with Crippen LogP contribution in [-0.2, 0) is 6.54 Å². The zero-order valence-corrected chi connectivity index (χ0v) is 15.4. The molecular weight excluding hydrogens is 340 g/mol. The molecule has 27 heavy (non-hydrogen) atoms. The Hall–Kier alpha value is -2.86. The van der Waals surface area contributed by atoms with Gasteiger partial charge >= 0.3 is 0 Å². The molecule has 6 nitrogen and oxygen atoms in total. The summed E-state index contributed by atoms with van der Waals surface area (Å²) in [5, 5.41) is 1.14. The van der Waals surface area contributed by atoms with Gasteiger partial charge in [0.25, 0.3) is 0 Å². The number of hydrogen-bond acceptors (Lipinski definition) is 6. The Morgan fingerprint density at radius 2 is 1.78 bits per heavy atom. The minimum absolute atomic E-state index is 0.323. The van der Waals surface area contributed by atoms with Crippen molar-refractivity contribution in [3.63, 3.8) is 0 Å². The predicted molar refractivity (Wildman–Crippen MR) is 104 cm³/mol. The Balaban J connectivity index is 1.29. The van der Waals surface area contributed by atoms with Gasteiger partial charge in [-0.3, -0.25) is 4.90 Å². The lowest BCUT2D eigenvalue weighted by atomic mass is 10.1. The van der Waals surface area contributed by atoms with Crippen molar-refractivity contribution in [3.8, 4) is 11.5 Å². The van der Waals surface area contributed by atoms with Crippen molar-refractivity contribution >= 4 is 16.7 Å². The molecule has 0 spiro atoms. The van der Waals surface area contributed by atoms with E-state index in [1.807, 2.05) is 6.07 Å². The monoisotopic (exact) mass is 362 g/mol. The summed E-state index contributed by atoms with van der Waals surface area (Å²) < 4.78 is 10.9. The van der Waals surface area contributed by atoms with E-state index in [4.69, 9.17) is 9.47 Å². The number of nitrogens with zero attached hydrogens (tertiary/aromatic N) is 4. The number of hydrogen-bond donors (Lipinski definition) is 0. The van der Waals surface area contributed by atoms with Crippen LogP contribution in [0.25, 0.3) is 10.9 Å². The second-order valence-electron chi connectivity index (χ2n) is 7.17. The number of aryl methyl sites for hydroxylation is 1. The maximum absolute atomic E-state index is 5.49. The number of anilines is 1. The molecule has 1 fully saturated rings. The summed E-state index contributed by atoms with van der Waals surface area (Å²) in [7, 11) is 0. The summed E-state index contributed by atoms with van der Waals surface area (Å²) in [6, 6.07) is 12.6. The number of aromatic nitrogens is 2. The van der Waals surface area contributed by atoms with Crippen LogP contribution in [0.15, 0.2) is 42.7 Å². The summed E-state index contributed by atoms with van der Waals surface area (Å²) in [6.07, 6.45) is 1.67. The van der Waals surface area contributed by atoms with Gasteiger partial charge in [-0.1, -0.05) is 17.7 Å². The van der Waals surface area contributed by atoms with Gasteiger partial charge in [-0.15, -0.1) is 0 Å². The highest BCUT2D eigenvalue weighted by Gasteiger charge is 2.21. The predicted octanol–water partition coefficient (Wildman–Crippen LogP) is 2.99. The third-order valence-corrected chi connectivity index (χ3v) is 5.28. The molecule has 0 atom stereocenters. The molecule has 2 aliphatic rings. The third-order valence-electron chi connectivity index (χ3n) is 5.28. The summed E-state index contributed by atoms with van der Waals surface area (Å²) in [5.74, 6) is 2.75. The molecule has 6 heteroatoms. The minimum atomic E-state index is 0.323. The van der Waals surface area contributed by atoms with E-state index >= 15 is 0 Å². The van der Waals surface area contributed by atoms with Crippen LogP contribution >= 0.6 is 0 Å². The van der Waals surface area contributed by atoms with Crippen LogP contribution in [0.3, 0.4) is 0 Å². The molecule has 2 aliphatic heterocycles. The van der Waals surface area contributed by atoms with Gasteiger partial charge in [-0.05, 0) is 36.8 Å². The molecule has 0 saturated carbocycles. The van der Waals surface area contributed by atoms with E-state index in [-0.39, 0.29) is 0 Å². The Morgan fingerprint density at radius 1 is 0.926 bits per heavy atom. The van der Waals surface area contributed by atoms with Crippen LogP contribution in [0.2, 0.25) is 0 Å². The highest BCUT2D eigenvalue weighted by Crippen LogP contribution is 2.33. The standard InChI is InChI=1S/C21H22N4O2/c1-15-2-4-18-17(10-15)21(23-13-22-18)25-8-6-24(7-9-25)12-16-3-5-19-20(11-16)27-14-26-19/h2-5,10-11,13H,6-9,12,14H2,1H3. The molecule has 0 aliphatic carbocycles. The van der Waals surface area contributed by atoms with E-state index in [1.165, 1.54) is 11.1 Å². The van der Waals surface area contributed by atoms with E-state index in [0.29, 0.717) is 6.79 Å². The first-order valence-electron chi connectivity index (χ1n) is 9.33. The van der Waals surface area contributed by atoms with Gasteiger partial charge in [-0.2, -0.15) is 0 Å². The molecular formula is C21H22N4O2. The van der Waals surface area contributed by atoms with Crippen LogP contribution < -0.4 is 14.4 Å². The molecule has 0 unspecified atom stereocenters. The molecule has 2 aromatic carbocycles. The first kappa shape index (κ1) is 16.3. The van der Waals surface area contributed by atoms with Crippen LogP contribution in [0.4, 0.5) is 5.82 Å². The van der Waals surface area contributed by atoms with Gasteiger partial charge < -0.3 is 14.4 Å². The third kappa shape index (κ3) is 3.17. The van der Waals surface area contributed by atoms with Gasteiger partial charge in [0.2, 0.25) is 6.79 Å². The number of rotatable bonds is 3. The van der Waals surface area contributed by atoms with Crippen molar-refractivity contribution in [2.45, 2.75) is 13.5 Å². The van der Waals surface area contributed by atoms with Crippen molar-refractivity contribution < 1.29 is 9.47 Å². The molecule has 0 radical (unpaired) electrons. The molecule has 5 rings (SSSR count). The first-order valence-corrected chi connectivity index (χ1v) is 9.33. The highest BCUT2D eigenvalue weighted by molar-refractivity contribution is 5.89. The van der Waals surface area contributed by atoms with Crippen molar-refractivity contribution in [1.29, 1.82) is 0 Å². The van der Waals surface area contributed by atoms with Crippen molar-refractivity contribution in [3.05, 3.63) is 53.9 Å². The number of ether oxygens (including phenoxy) is 2. The van der Waals surface area contributed by atoms with Crippen LogP contribution in [0.1, 0.15) is 11.1 Å². The summed E-state index contributed by atoms with van der Waals surface area (Å²) in [6.45, 7) is 7.30. The highest BCUT2D eigenvalue weighted by atomic mass is 16.7. The van der Waals surface area contributed by atoms with Crippen LogP contribution in [-0.4, -0.2) is 47.8 Å². The first-order chi connectivity index (χ1) is 13.3. The van der Waals surface area contributed by atoms with Crippen molar-refractivity contribution in [1.82, 2.24) is 14.9 Å². The molecule has 1 saturated heterocycles. The molecule has 138 valence electrons. The Bertz CT molecular complexity index is 983. The fourth-order valence-electron chi connectivity index (χ4n) is 3.82. The second-order valence-corrected chi connectivity index (χ2v) is 7.17. The molecule has 3 aromatic rings. The zero-order chi connectivity index (χ0) is 18.2.